The SMILES string of the molecule is COc1ccc(CC(C)(C)C(=O)O)cc1OC1CCCSC1. The van der Waals surface area contributed by atoms with Gasteiger partial charge < -0.3 is 14.6 Å². The molecule has 1 N–H and O–H groups in total. The van der Waals surface area contributed by atoms with Crippen LogP contribution in [0.2, 0.25) is 0 Å². The first-order chi connectivity index (χ1) is 10.4. The second-order valence-electron chi connectivity index (χ2n) is 6.31. The first kappa shape index (κ1) is 17.0. The van der Waals surface area contributed by atoms with Crippen molar-refractivity contribution in [1.29, 1.82) is 0 Å². The van der Waals surface area contributed by atoms with Crippen LogP contribution in [-0.2, 0) is 11.2 Å². The fraction of sp³-hybridized carbons (Fsp3) is 0.588. The maximum absolute atomic E-state index is 11.3. The Morgan fingerprint density at radius 2 is 2.18 bits per heavy atom. The van der Waals surface area contributed by atoms with Gasteiger partial charge in [0.05, 0.1) is 12.5 Å². The van der Waals surface area contributed by atoms with Crippen molar-refractivity contribution in [2.75, 3.05) is 18.6 Å². The Hall–Kier alpha value is -1.36. The summed E-state index contributed by atoms with van der Waals surface area (Å²) in [6.07, 6.45) is 2.89. The lowest BCUT2D eigenvalue weighted by Gasteiger charge is -2.25. The zero-order valence-electron chi connectivity index (χ0n) is 13.4. The number of hydrogen-bond acceptors (Lipinski definition) is 4. The van der Waals surface area contributed by atoms with Gasteiger partial charge in [0.15, 0.2) is 11.5 Å². The summed E-state index contributed by atoms with van der Waals surface area (Å²) in [5, 5.41) is 9.27. The van der Waals surface area contributed by atoms with Gasteiger partial charge in [-0.15, -0.1) is 0 Å². The molecule has 1 saturated heterocycles. The van der Waals surface area contributed by atoms with Gasteiger partial charge in [-0.25, -0.2) is 0 Å². The topological polar surface area (TPSA) is 55.8 Å². The Morgan fingerprint density at radius 1 is 1.41 bits per heavy atom. The number of rotatable bonds is 6. The summed E-state index contributed by atoms with van der Waals surface area (Å²) in [5.74, 6) is 2.81. The van der Waals surface area contributed by atoms with Crippen molar-refractivity contribution >= 4 is 17.7 Å². The number of methoxy groups -OCH3 is 1. The molecule has 0 aromatic heterocycles. The zero-order chi connectivity index (χ0) is 16.2. The molecule has 1 fully saturated rings. The molecule has 0 amide bonds. The molecular weight excluding hydrogens is 300 g/mol. The third-order valence-electron chi connectivity index (χ3n) is 3.87. The third-order valence-corrected chi connectivity index (χ3v) is 5.05. The Bertz CT molecular complexity index is 521. The predicted octanol–water partition coefficient (Wildman–Crippen LogP) is 3.62. The summed E-state index contributed by atoms with van der Waals surface area (Å²) in [4.78, 5) is 11.3. The van der Waals surface area contributed by atoms with E-state index in [1.165, 1.54) is 12.2 Å². The van der Waals surface area contributed by atoms with E-state index in [0.29, 0.717) is 17.9 Å². The van der Waals surface area contributed by atoms with Crippen LogP contribution in [0.15, 0.2) is 18.2 Å². The lowest BCUT2D eigenvalue weighted by atomic mass is 9.86. The molecule has 0 saturated carbocycles. The van der Waals surface area contributed by atoms with E-state index >= 15 is 0 Å². The van der Waals surface area contributed by atoms with Gasteiger partial charge in [0.2, 0.25) is 0 Å². The molecule has 1 heterocycles. The van der Waals surface area contributed by atoms with E-state index in [2.05, 4.69) is 0 Å². The largest absolute Gasteiger partial charge is 0.493 e. The van der Waals surface area contributed by atoms with E-state index < -0.39 is 11.4 Å². The Morgan fingerprint density at radius 3 is 2.77 bits per heavy atom. The second kappa shape index (κ2) is 7.27. The molecular formula is C17H24O4S. The van der Waals surface area contributed by atoms with Crippen molar-refractivity contribution in [3.63, 3.8) is 0 Å². The maximum Gasteiger partial charge on any atom is 0.309 e. The maximum atomic E-state index is 11.3. The van der Waals surface area contributed by atoms with E-state index in [0.717, 1.165) is 17.7 Å². The first-order valence-corrected chi connectivity index (χ1v) is 8.72. The molecule has 0 bridgehead atoms. The molecule has 1 unspecified atom stereocenters. The number of thioether (sulfide) groups is 1. The van der Waals surface area contributed by atoms with Gasteiger partial charge in [0, 0.05) is 5.75 Å². The minimum absolute atomic E-state index is 0.204. The highest BCUT2D eigenvalue weighted by Gasteiger charge is 2.28. The smallest absolute Gasteiger partial charge is 0.309 e. The van der Waals surface area contributed by atoms with Crippen LogP contribution < -0.4 is 9.47 Å². The summed E-state index contributed by atoms with van der Waals surface area (Å²) in [5.41, 5.74) is 0.152. The van der Waals surface area contributed by atoms with E-state index in [-0.39, 0.29) is 6.10 Å². The molecule has 1 aliphatic rings. The standard InChI is InChI=1S/C17H24O4S/c1-17(2,16(18)19)10-12-6-7-14(20-3)15(9-12)21-13-5-4-8-22-11-13/h6-7,9,13H,4-5,8,10-11H2,1-3H3,(H,18,19). The van der Waals surface area contributed by atoms with Gasteiger partial charge in [-0.2, -0.15) is 11.8 Å². The first-order valence-electron chi connectivity index (χ1n) is 7.57. The van der Waals surface area contributed by atoms with Crippen molar-refractivity contribution in [3.8, 4) is 11.5 Å². The van der Waals surface area contributed by atoms with Gasteiger partial charge >= 0.3 is 5.97 Å². The van der Waals surface area contributed by atoms with Gasteiger partial charge in [-0.3, -0.25) is 4.79 Å². The molecule has 1 aromatic carbocycles. The quantitative estimate of drug-likeness (QED) is 0.866. The zero-order valence-corrected chi connectivity index (χ0v) is 14.2. The fourth-order valence-corrected chi connectivity index (χ4v) is 3.53. The number of aliphatic carboxylic acids is 1. The van der Waals surface area contributed by atoms with Crippen molar-refractivity contribution in [2.45, 2.75) is 39.2 Å². The number of carboxylic acids is 1. The van der Waals surface area contributed by atoms with Crippen LogP contribution in [0.3, 0.4) is 0 Å². The number of hydrogen-bond donors (Lipinski definition) is 1. The van der Waals surface area contributed by atoms with Crippen LogP contribution in [0.5, 0.6) is 11.5 Å². The van der Waals surface area contributed by atoms with Crippen LogP contribution in [-0.4, -0.2) is 35.8 Å². The number of carboxylic acid groups (broad SMARTS) is 1. The molecule has 1 aliphatic heterocycles. The van der Waals surface area contributed by atoms with Gasteiger partial charge in [-0.05, 0) is 56.6 Å². The lowest BCUT2D eigenvalue weighted by molar-refractivity contribution is -0.146. The van der Waals surface area contributed by atoms with Crippen LogP contribution in [0.1, 0.15) is 32.3 Å². The molecule has 0 radical (unpaired) electrons. The average molecular weight is 324 g/mol. The second-order valence-corrected chi connectivity index (χ2v) is 7.46. The fourth-order valence-electron chi connectivity index (χ4n) is 2.49. The van der Waals surface area contributed by atoms with Crippen LogP contribution in [0, 0.1) is 5.41 Å². The number of carbonyl (C=O) groups is 1. The third kappa shape index (κ3) is 4.32. The van der Waals surface area contributed by atoms with E-state index in [1.54, 1.807) is 21.0 Å². The summed E-state index contributed by atoms with van der Waals surface area (Å²) >= 11 is 1.91. The Balaban J connectivity index is 2.16. The highest BCUT2D eigenvalue weighted by molar-refractivity contribution is 7.99. The van der Waals surface area contributed by atoms with Crippen LogP contribution in [0.4, 0.5) is 0 Å². The Kier molecular flexibility index (Phi) is 5.62. The molecule has 1 aromatic rings. The number of ether oxygens (including phenoxy) is 2. The van der Waals surface area contributed by atoms with Crippen molar-refractivity contribution in [3.05, 3.63) is 23.8 Å². The Labute approximate surface area is 136 Å². The summed E-state index contributed by atoms with van der Waals surface area (Å²) in [6, 6.07) is 5.69. The molecule has 1 atom stereocenters. The summed E-state index contributed by atoms with van der Waals surface area (Å²) in [6.45, 7) is 3.47. The minimum atomic E-state index is -0.799. The molecule has 4 nitrogen and oxygen atoms in total. The predicted molar refractivity (Wildman–Crippen MR) is 89.1 cm³/mol. The normalized spacial score (nSPS) is 18.8. The van der Waals surface area contributed by atoms with E-state index in [9.17, 15) is 9.90 Å². The molecule has 5 heteroatoms. The molecule has 22 heavy (non-hydrogen) atoms. The highest BCUT2D eigenvalue weighted by Crippen LogP contribution is 2.33. The minimum Gasteiger partial charge on any atom is -0.493 e. The van der Waals surface area contributed by atoms with Crippen molar-refractivity contribution in [2.24, 2.45) is 5.41 Å². The van der Waals surface area contributed by atoms with Crippen LogP contribution in [0.25, 0.3) is 0 Å². The van der Waals surface area contributed by atoms with Gasteiger partial charge in [0.25, 0.3) is 0 Å². The lowest BCUT2D eigenvalue weighted by Crippen LogP contribution is -2.26. The van der Waals surface area contributed by atoms with Crippen molar-refractivity contribution < 1.29 is 19.4 Å². The van der Waals surface area contributed by atoms with Crippen LogP contribution >= 0.6 is 11.8 Å². The monoisotopic (exact) mass is 324 g/mol. The van der Waals surface area contributed by atoms with Gasteiger partial charge in [0.1, 0.15) is 6.10 Å². The highest BCUT2D eigenvalue weighted by atomic mass is 32.2. The van der Waals surface area contributed by atoms with Gasteiger partial charge in [-0.1, -0.05) is 6.07 Å². The van der Waals surface area contributed by atoms with Crippen molar-refractivity contribution in [1.82, 2.24) is 0 Å². The molecule has 122 valence electrons. The summed E-state index contributed by atoms with van der Waals surface area (Å²) < 4.78 is 11.5. The average Bonchev–Trinajstić information content (AvgIpc) is 2.48. The molecule has 0 aliphatic carbocycles. The number of benzene rings is 1. The molecule has 0 spiro atoms. The summed E-state index contributed by atoms with van der Waals surface area (Å²) in [7, 11) is 1.62. The van der Waals surface area contributed by atoms with E-state index in [4.69, 9.17) is 9.47 Å². The molecule has 2 rings (SSSR count). The van der Waals surface area contributed by atoms with E-state index in [1.807, 2.05) is 30.0 Å².